The van der Waals surface area contributed by atoms with Crippen molar-refractivity contribution in [3.63, 3.8) is 0 Å². The van der Waals surface area contributed by atoms with Gasteiger partial charge in [0.1, 0.15) is 36.4 Å². The smallest absolute Gasteiger partial charge is 0.508 e. The summed E-state index contributed by atoms with van der Waals surface area (Å²) < 4.78 is 23.2. The summed E-state index contributed by atoms with van der Waals surface area (Å²) in [5.74, 6) is -6.39. The Bertz CT molecular complexity index is 1970. The van der Waals surface area contributed by atoms with Crippen LogP contribution in [-0.2, 0) is 22.7 Å². The molecule has 12 heteroatoms. The molecule has 0 saturated carbocycles. The van der Waals surface area contributed by atoms with Gasteiger partial charge in [-0.1, -0.05) is 79.7 Å². The standard InChI is InChI=1S/C37H34N2O10/c1-19-22-15-10-16-23(40)25(22)30(41)26-24(19)31(48-36(44)47-18-21-13-8-5-9-14-21)28-29(39(2)3)32-27(34(43)37(28,45)33(26)42)35(38-49-32)46-17-20-11-6-4-7-12-20/h4-16,19,24,28-29,31,40,42,45H,17-18H2,1-3H3/t19-,24+,28+,29-,31-,37-/m0/s1. The first-order valence-electron chi connectivity index (χ1n) is 15.8. The average molecular weight is 667 g/mol. The SMILES string of the molecule is C[C@H]1c2cccc(O)c2C(=O)C2=C(O)[C@]3(O)C(=O)c4c(OCc5ccccc5)noc4[C@@H](N(C)C)[C@@H]3[C@@H](OC(=O)OCc3ccccc3)[C@@H]21. The molecule has 0 saturated heterocycles. The topological polar surface area (TPSA) is 169 Å². The van der Waals surface area contributed by atoms with E-state index in [4.69, 9.17) is 18.7 Å². The van der Waals surface area contributed by atoms with Crippen molar-refractivity contribution in [1.29, 1.82) is 0 Å². The highest BCUT2D eigenvalue weighted by Gasteiger charge is 2.69. The summed E-state index contributed by atoms with van der Waals surface area (Å²) in [4.78, 5) is 43.9. The van der Waals surface area contributed by atoms with E-state index in [0.717, 1.165) is 5.56 Å². The molecule has 1 aromatic heterocycles. The number of rotatable bonds is 7. The number of fused-ring (bicyclic) bond motifs is 4. The Morgan fingerprint density at radius 2 is 1.57 bits per heavy atom. The van der Waals surface area contributed by atoms with Gasteiger partial charge in [0.2, 0.25) is 5.78 Å². The number of ketones is 2. The molecule has 3 aliphatic rings. The zero-order valence-corrected chi connectivity index (χ0v) is 26.9. The van der Waals surface area contributed by atoms with Gasteiger partial charge in [0.05, 0.1) is 17.5 Å². The van der Waals surface area contributed by atoms with Crippen molar-refractivity contribution in [2.45, 2.75) is 43.8 Å². The summed E-state index contributed by atoms with van der Waals surface area (Å²) in [6, 6.07) is 21.6. The van der Waals surface area contributed by atoms with E-state index in [9.17, 15) is 29.7 Å². The molecule has 0 aliphatic heterocycles. The highest BCUT2D eigenvalue weighted by molar-refractivity contribution is 6.16. The van der Waals surface area contributed by atoms with Crippen LogP contribution in [0, 0.1) is 11.8 Å². The second-order valence-corrected chi connectivity index (χ2v) is 12.8. The van der Waals surface area contributed by atoms with Gasteiger partial charge in [-0.2, -0.15) is 0 Å². The number of hydrogen-bond donors (Lipinski definition) is 3. The van der Waals surface area contributed by atoms with Gasteiger partial charge in [0.15, 0.2) is 17.1 Å². The number of aromatic nitrogens is 1. The van der Waals surface area contributed by atoms with E-state index in [0.29, 0.717) is 11.1 Å². The van der Waals surface area contributed by atoms with Crippen LogP contribution >= 0.6 is 0 Å². The maximum absolute atomic E-state index is 14.6. The van der Waals surface area contributed by atoms with Crippen molar-refractivity contribution >= 4 is 17.7 Å². The second-order valence-electron chi connectivity index (χ2n) is 12.8. The fraction of sp³-hybridized carbons (Fsp3) is 0.297. The molecular formula is C37H34N2O10. The van der Waals surface area contributed by atoms with Crippen LogP contribution in [-0.4, -0.2) is 68.9 Å². The second kappa shape index (κ2) is 12.2. The third kappa shape index (κ3) is 5.06. The molecule has 12 nitrogen and oxygen atoms in total. The number of carbonyl (C=O) groups excluding carboxylic acids is 3. The minimum absolute atomic E-state index is 0.0157. The monoisotopic (exact) mass is 666 g/mol. The van der Waals surface area contributed by atoms with E-state index in [1.165, 1.54) is 6.07 Å². The largest absolute Gasteiger partial charge is 0.508 e. The van der Waals surface area contributed by atoms with Crippen molar-refractivity contribution in [2.24, 2.45) is 11.8 Å². The minimum Gasteiger partial charge on any atom is -0.508 e. The molecule has 3 N–H and O–H groups in total. The van der Waals surface area contributed by atoms with E-state index in [2.05, 4.69) is 5.16 Å². The molecule has 3 aliphatic carbocycles. The van der Waals surface area contributed by atoms with E-state index in [1.807, 2.05) is 36.4 Å². The summed E-state index contributed by atoms with van der Waals surface area (Å²) in [5.41, 5.74) is -1.55. The van der Waals surface area contributed by atoms with Crippen molar-refractivity contribution in [1.82, 2.24) is 10.1 Å². The number of aliphatic hydroxyl groups is 2. The van der Waals surface area contributed by atoms with Gasteiger partial charge < -0.3 is 34.1 Å². The number of phenolic OH excluding ortho intramolecular Hbond substituents is 1. The lowest BCUT2D eigenvalue weighted by molar-refractivity contribution is -0.126. The predicted molar refractivity (Wildman–Crippen MR) is 172 cm³/mol. The normalized spacial score (nSPS) is 25.6. The number of aliphatic hydroxyl groups excluding tert-OH is 1. The maximum atomic E-state index is 14.6. The van der Waals surface area contributed by atoms with Crippen LogP contribution in [0.4, 0.5) is 4.79 Å². The number of nitrogens with zero attached hydrogens (tertiary/aromatic N) is 2. The van der Waals surface area contributed by atoms with Crippen LogP contribution in [0.2, 0.25) is 0 Å². The van der Waals surface area contributed by atoms with E-state index in [1.54, 1.807) is 62.3 Å². The Morgan fingerprint density at radius 1 is 0.918 bits per heavy atom. The van der Waals surface area contributed by atoms with Crippen molar-refractivity contribution in [2.75, 3.05) is 14.1 Å². The number of phenols is 1. The van der Waals surface area contributed by atoms with Crippen LogP contribution in [0.15, 0.2) is 94.7 Å². The summed E-state index contributed by atoms with van der Waals surface area (Å²) in [5, 5.41) is 39.4. The highest BCUT2D eigenvalue weighted by Crippen LogP contribution is 2.59. The molecule has 49 heavy (non-hydrogen) atoms. The molecule has 0 bridgehead atoms. The number of ether oxygens (including phenoxy) is 3. The summed E-state index contributed by atoms with van der Waals surface area (Å²) in [6.45, 7) is 1.64. The van der Waals surface area contributed by atoms with E-state index < -0.39 is 59.0 Å². The molecule has 6 atom stereocenters. The van der Waals surface area contributed by atoms with Gasteiger partial charge in [-0.15, -0.1) is 0 Å². The summed E-state index contributed by atoms with van der Waals surface area (Å²) in [7, 11) is 3.34. The quantitative estimate of drug-likeness (QED) is 0.219. The van der Waals surface area contributed by atoms with Crippen LogP contribution < -0.4 is 4.74 Å². The Hall–Kier alpha value is -5.46. The highest BCUT2D eigenvalue weighted by atomic mass is 16.7. The maximum Gasteiger partial charge on any atom is 0.508 e. The van der Waals surface area contributed by atoms with Crippen molar-refractivity contribution in [3.8, 4) is 11.6 Å². The van der Waals surface area contributed by atoms with Gasteiger partial charge in [0, 0.05) is 11.5 Å². The zero-order valence-electron chi connectivity index (χ0n) is 26.9. The fourth-order valence-corrected chi connectivity index (χ4v) is 7.56. The lowest BCUT2D eigenvalue weighted by atomic mass is 9.55. The van der Waals surface area contributed by atoms with Crippen LogP contribution in [0.1, 0.15) is 62.1 Å². The van der Waals surface area contributed by atoms with Crippen molar-refractivity contribution in [3.05, 3.63) is 124 Å². The molecule has 0 spiro atoms. The van der Waals surface area contributed by atoms with Crippen LogP contribution in [0.25, 0.3) is 0 Å². The average Bonchev–Trinajstić information content (AvgIpc) is 3.52. The molecule has 7 rings (SSSR count). The Labute approximate surface area is 281 Å². The molecule has 1 heterocycles. The molecule has 3 aromatic carbocycles. The molecular weight excluding hydrogens is 632 g/mol. The predicted octanol–water partition coefficient (Wildman–Crippen LogP) is 5.27. The number of aromatic hydroxyl groups is 1. The summed E-state index contributed by atoms with van der Waals surface area (Å²) >= 11 is 0. The molecule has 4 aromatic rings. The first-order chi connectivity index (χ1) is 23.5. The minimum atomic E-state index is -2.81. The fourth-order valence-electron chi connectivity index (χ4n) is 7.56. The molecule has 252 valence electrons. The third-order valence-corrected chi connectivity index (χ3v) is 9.79. The van der Waals surface area contributed by atoms with Gasteiger partial charge in [0.25, 0.3) is 5.88 Å². The first-order valence-corrected chi connectivity index (χ1v) is 15.8. The Morgan fingerprint density at radius 3 is 2.22 bits per heavy atom. The Kier molecular flexibility index (Phi) is 8.00. The molecule has 0 amide bonds. The lowest BCUT2D eigenvalue weighted by Crippen LogP contribution is -2.65. The van der Waals surface area contributed by atoms with E-state index >= 15 is 0 Å². The first kappa shape index (κ1) is 32.1. The number of benzene rings is 3. The molecule has 0 radical (unpaired) electrons. The van der Waals surface area contributed by atoms with E-state index in [-0.39, 0.29) is 47.3 Å². The number of Topliss-reactive ketones (excluding diaryl/α,β-unsaturated/α-hetero) is 2. The van der Waals surface area contributed by atoms with Gasteiger partial charge in [-0.3, -0.25) is 14.5 Å². The lowest BCUT2D eigenvalue weighted by Gasteiger charge is -2.53. The van der Waals surface area contributed by atoms with Gasteiger partial charge in [-0.25, -0.2) is 4.79 Å². The molecule has 0 fully saturated rings. The van der Waals surface area contributed by atoms with Crippen molar-refractivity contribution < 1.29 is 48.4 Å². The number of carbonyl (C=O) groups is 3. The Balaban J connectivity index is 1.37. The van der Waals surface area contributed by atoms with Crippen LogP contribution in [0.5, 0.6) is 11.6 Å². The summed E-state index contributed by atoms with van der Waals surface area (Å²) in [6.07, 6.45) is -2.53. The van der Waals surface area contributed by atoms with Crippen LogP contribution in [0.3, 0.4) is 0 Å². The molecule has 0 unspecified atom stereocenters. The zero-order chi connectivity index (χ0) is 34.6. The van der Waals surface area contributed by atoms with Gasteiger partial charge in [-0.05, 0) is 47.9 Å². The third-order valence-electron chi connectivity index (χ3n) is 9.79. The number of hydrogen-bond acceptors (Lipinski definition) is 12. The van der Waals surface area contributed by atoms with Gasteiger partial charge >= 0.3 is 6.16 Å².